The van der Waals surface area contributed by atoms with Gasteiger partial charge in [0.15, 0.2) is 0 Å². The lowest BCUT2D eigenvalue weighted by Crippen LogP contribution is -2.07. The maximum Gasteiger partial charge on any atom is 0.130 e. The van der Waals surface area contributed by atoms with Gasteiger partial charge in [-0.1, -0.05) is 45.7 Å². The van der Waals surface area contributed by atoms with E-state index in [0.29, 0.717) is 22.5 Å². The number of hydrogen-bond donors (Lipinski definition) is 0. The second kappa shape index (κ2) is 6.06. The Morgan fingerprint density at radius 1 is 1.42 bits per heavy atom. The fourth-order valence-corrected chi connectivity index (χ4v) is 3.04. The third kappa shape index (κ3) is 3.00. The van der Waals surface area contributed by atoms with Gasteiger partial charge >= 0.3 is 0 Å². The number of rotatable bonds is 4. The topological polar surface area (TPSA) is 17.8 Å². The van der Waals surface area contributed by atoms with Crippen LogP contribution in [0.2, 0.25) is 5.15 Å². The molecule has 0 saturated carbocycles. The van der Waals surface area contributed by atoms with E-state index in [1.165, 1.54) is 6.07 Å². The van der Waals surface area contributed by atoms with Crippen molar-refractivity contribution in [3.8, 4) is 0 Å². The SMILES string of the molecule is Cc1nn(C)c(Cl)c1CC(CBr)c1ccccc1F. The normalized spacial score (nSPS) is 12.7. The molecule has 0 amide bonds. The maximum absolute atomic E-state index is 13.9. The van der Waals surface area contributed by atoms with Gasteiger partial charge in [0.25, 0.3) is 0 Å². The third-order valence-electron chi connectivity index (χ3n) is 3.25. The second-order valence-corrected chi connectivity index (χ2v) is 5.56. The molecule has 0 spiro atoms. The first-order valence-corrected chi connectivity index (χ1v) is 7.53. The number of nitrogens with zero attached hydrogens (tertiary/aromatic N) is 2. The predicted molar refractivity (Wildman–Crippen MR) is 79.6 cm³/mol. The van der Waals surface area contributed by atoms with Gasteiger partial charge in [-0.15, -0.1) is 0 Å². The number of aromatic nitrogens is 2. The Labute approximate surface area is 125 Å². The van der Waals surface area contributed by atoms with Crippen LogP contribution < -0.4 is 0 Å². The molecule has 2 aromatic rings. The maximum atomic E-state index is 13.9. The quantitative estimate of drug-likeness (QED) is 0.758. The van der Waals surface area contributed by atoms with E-state index < -0.39 is 0 Å². The largest absolute Gasteiger partial charge is 0.257 e. The van der Waals surface area contributed by atoms with E-state index in [2.05, 4.69) is 21.0 Å². The molecule has 1 aromatic carbocycles. The molecule has 0 aliphatic rings. The van der Waals surface area contributed by atoms with Crippen molar-refractivity contribution in [2.45, 2.75) is 19.3 Å². The molecule has 0 aliphatic heterocycles. The molecule has 2 nitrogen and oxygen atoms in total. The highest BCUT2D eigenvalue weighted by Crippen LogP contribution is 2.29. The zero-order valence-electron chi connectivity index (χ0n) is 10.8. The van der Waals surface area contributed by atoms with Crippen molar-refractivity contribution in [1.29, 1.82) is 0 Å². The van der Waals surface area contributed by atoms with E-state index in [4.69, 9.17) is 11.6 Å². The van der Waals surface area contributed by atoms with Crippen LogP contribution in [0.15, 0.2) is 24.3 Å². The molecule has 5 heteroatoms. The summed E-state index contributed by atoms with van der Waals surface area (Å²) in [6.07, 6.45) is 0.671. The minimum absolute atomic E-state index is 0.0431. The van der Waals surface area contributed by atoms with Crippen molar-refractivity contribution in [2.75, 3.05) is 5.33 Å². The molecule has 0 radical (unpaired) electrons. The van der Waals surface area contributed by atoms with Gasteiger partial charge < -0.3 is 0 Å². The Balaban J connectivity index is 2.32. The smallest absolute Gasteiger partial charge is 0.130 e. The standard InChI is InChI=1S/C14H15BrClFN2/c1-9-12(14(16)19(2)18-9)7-10(8-15)11-5-3-4-6-13(11)17/h3-6,10H,7-8H2,1-2H3. The van der Waals surface area contributed by atoms with E-state index in [-0.39, 0.29) is 11.7 Å². The summed E-state index contributed by atoms with van der Waals surface area (Å²) < 4.78 is 15.5. The fraction of sp³-hybridized carbons (Fsp3) is 0.357. The van der Waals surface area contributed by atoms with E-state index >= 15 is 0 Å². The highest BCUT2D eigenvalue weighted by atomic mass is 79.9. The van der Waals surface area contributed by atoms with Crippen LogP contribution in [0.25, 0.3) is 0 Å². The third-order valence-corrected chi connectivity index (χ3v) is 4.51. The van der Waals surface area contributed by atoms with Gasteiger partial charge in [0.05, 0.1) is 5.69 Å². The van der Waals surface area contributed by atoms with Gasteiger partial charge in [-0.2, -0.15) is 5.10 Å². The Bertz CT molecular complexity index is 583. The molecule has 19 heavy (non-hydrogen) atoms. The predicted octanol–water partition coefficient (Wildman–Crippen LogP) is 4.24. The number of alkyl halides is 1. The number of aryl methyl sites for hydroxylation is 2. The lowest BCUT2D eigenvalue weighted by Gasteiger charge is -2.15. The van der Waals surface area contributed by atoms with Crippen LogP contribution in [0.3, 0.4) is 0 Å². The Morgan fingerprint density at radius 3 is 2.63 bits per heavy atom. The molecular formula is C14H15BrClFN2. The molecule has 0 bridgehead atoms. The molecule has 2 rings (SSSR count). The molecule has 1 atom stereocenters. The molecule has 0 saturated heterocycles. The summed E-state index contributed by atoms with van der Waals surface area (Å²) in [6.45, 7) is 1.92. The van der Waals surface area contributed by atoms with E-state index in [9.17, 15) is 4.39 Å². The summed E-state index contributed by atoms with van der Waals surface area (Å²) in [5.41, 5.74) is 2.59. The summed E-state index contributed by atoms with van der Waals surface area (Å²) >= 11 is 9.70. The summed E-state index contributed by atoms with van der Waals surface area (Å²) in [7, 11) is 1.81. The molecule has 0 N–H and O–H groups in total. The van der Waals surface area contributed by atoms with Crippen molar-refractivity contribution >= 4 is 27.5 Å². The van der Waals surface area contributed by atoms with Gasteiger partial charge in [0.2, 0.25) is 0 Å². The van der Waals surface area contributed by atoms with E-state index in [0.717, 1.165) is 11.3 Å². The number of halogens is 3. The van der Waals surface area contributed by atoms with Crippen molar-refractivity contribution < 1.29 is 4.39 Å². The second-order valence-electron chi connectivity index (χ2n) is 4.56. The van der Waals surface area contributed by atoms with Gasteiger partial charge in [-0.3, -0.25) is 4.68 Å². The fourth-order valence-electron chi connectivity index (χ4n) is 2.21. The minimum Gasteiger partial charge on any atom is -0.257 e. The summed E-state index contributed by atoms with van der Waals surface area (Å²) in [5, 5.41) is 5.59. The van der Waals surface area contributed by atoms with Crippen LogP contribution in [0.4, 0.5) is 4.39 Å². The lowest BCUT2D eigenvalue weighted by molar-refractivity contribution is 0.590. The average molecular weight is 346 g/mol. The zero-order valence-corrected chi connectivity index (χ0v) is 13.2. The molecule has 102 valence electrons. The summed E-state index contributed by atoms with van der Waals surface area (Å²) in [4.78, 5) is 0. The molecule has 1 unspecified atom stereocenters. The Kier molecular flexibility index (Phi) is 4.63. The van der Waals surface area contributed by atoms with E-state index in [1.54, 1.807) is 10.7 Å². The van der Waals surface area contributed by atoms with Gasteiger partial charge in [-0.05, 0) is 25.0 Å². The highest BCUT2D eigenvalue weighted by Gasteiger charge is 2.20. The zero-order chi connectivity index (χ0) is 14.0. The molecule has 0 aliphatic carbocycles. The van der Waals surface area contributed by atoms with Gasteiger partial charge in [-0.25, -0.2) is 4.39 Å². The van der Waals surface area contributed by atoms with Crippen LogP contribution >= 0.6 is 27.5 Å². The Hall–Kier alpha value is -0.870. The minimum atomic E-state index is -0.176. The summed E-state index contributed by atoms with van der Waals surface area (Å²) in [6, 6.07) is 6.86. The van der Waals surface area contributed by atoms with Crippen LogP contribution in [0.5, 0.6) is 0 Å². The number of hydrogen-bond acceptors (Lipinski definition) is 1. The first-order valence-electron chi connectivity index (χ1n) is 6.03. The van der Waals surface area contributed by atoms with Gasteiger partial charge in [0.1, 0.15) is 11.0 Å². The first-order chi connectivity index (χ1) is 9.04. The highest BCUT2D eigenvalue weighted by molar-refractivity contribution is 9.09. The monoisotopic (exact) mass is 344 g/mol. The summed E-state index contributed by atoms with van der Waals surface area (Å²) in [5.74, 6) is -0.133. The van der Waals surface area contributed by atoms with Crippen LogP contribution in [0.1, 0.15) is 22.7 Å². The van der Waals surface area contributed by atoms with E-state index in [1.807, 2.05) is 26.1 Å². The Morgan fingerprint density at radius 2 is 2.11 bits per heavy atom. The number of benzene rings is 1. The van der Waals surface area contributed by atoms with Crippen LogP contribution in [-0.2, 0) is 13.5 Å². The van der Waals surface area contributed by atoms with Crippen molar-refractivity contribution in [1.82, 2.24) is 9.78 Å². The molecule has 1 aromatic heterocycles. The average Bonchev–Trinajstić information content (AvgIpc) is 2.63. The lowest BCUT2D eigenvalue weighted by atomic mass is 9.93. The van der Waals surface area contributed by atoms with Crippen LogP contribution in [0, 0.1) is 12.7 Å². The molecule has 1 heterocycles. The van der Waals surface area contributed by atoms with Gasteiger partial charge in [0, 0.05) is 23.9 Å². The first kappa shape index (κ1) is 14.5. The van der Waals surface area contributed by atoms with Crippen molar-refractivity contribution in [3.63, 3.8) is 0 Å². The van der Waals surface area contributed by atoms with Crippen molar-refractivity contribution in [3.05, 3.63) is 52.1 Å². The van der Waals surface area contributed by atoms with Crippen LogP contribution in [-0.4, -0.2) is 15.1 Å². The molecule has 0 fully saturated rings. The molecular weight excluding hydrogens is 331 g/mol. The van der Waals surface area contributed by atoms with Crippen molar-refractivity contribution in [2.24, 2.45) is 7.05 Å².